The van der Waals surface area contributed by atoms with Crippen LogP contribution in [0.25, 0.3) is 10.9 Å². The van der Waals surface area contributed by atoms with Gasteiger partial charge in [-0.15, -0.1) is 0 Å². The summed E-state index contributed by atoms with van der Waals surface area (Å²) in [7, 11) is 0. The number of halogens is 1. The third-order valence-electron chi connectivity index (χ3n) is 4.59. The van der Waals surface area contributed by atoms with Crippen LogP contribution in [0.3, 0.4) is 0 Å². The summed E-state index contributed by atoms with van der Waals surface area (Å²) in [6, 6.07) is 7.61. The summed E-state index contributed by atoms with van der Waals surface area (Å²) in [4.78, 5) is 5.95. The first-order valence-corrected chi connectivity index (χ1v) is 7.90. The van der Waals surface area contributed by atoms with Gasteiger partial charge >= 0.3 is 0 Å². The van der Waals surface area contributed by atoms with Crippen molar-refractivity contribution in [3.8, 4) is 0 Å². The van der Waals surface area contributed by atoms with Crippen LogP contribution < -0.4 is 5.32 Å². The topological polar surface area (TPSA) is 31.1 Å². The first-order valence-electron chi connectivity index (χ1n) is 7.52. The number of hydrogen-bond acceptors (Lipinski definition) is 2. The van der Waals surface area contributed by atoms with E-state index in [4.69, 9.17) is 11.6 Å². The number of nitrogens with one attached hydrogen (secondary N) is 2. The average Bonchev–Trinajstić information content (AvgIpc) is 3.06. The van der Waals surface area contributed by atoms with Gasteiger partial charge in [0.25, 0.3) is 0 Å². The first-order chi connectivity index (χ1) is 9.79. The maximum atomic E-state index is 6.02. The molecule has 2 fully saturated rings. The van der Waals surface area contributed by atoms with Crippen LogP contribution in [0.4, 0.5) is 0 Å². The number of fused-ring (bicyclic) bond motifs is 1. The number of benzene rings is 1. The second kappa shape index (κ2) is 5.06. The molecule has 1 aromatic heterocycles. The van der Waals surface area contributed by atoms with Gasteiger partial charge in [-0.2, -0.15) is 0 Å². The lowest BCUT2D eigenvalue weighted by atomic mass is 10.1. The molecular formula is C16H20ClN3. The molecule has 3 nitrogen and oxygen atoms in total. The van der Waals surface area contributed by atoms with Crippen LogP contribution in [-0.2, 0) is 6.54 Å². The second-order valence-corrected chi connectivity index (χ2v) is 6.53. The van der Waals surface area contributed by atoms with Gasteiger partial charge in [-0.3, -0.25) is 4.90 Å². The van der Waals surface area contributed by atoms with Crippen LogP contribution in [0.5, 0.6) is 0 Å². The minimum atomic E-state index is 0.646. The number of aromatic nitrogens is 1. The molecule has 0 bridgehead atoms. The third kappa shape index (κ3) is 2.46. The van der Waals surface area contributed by atoms with Crippen molar-refractivity contribution in [3.63, 3.8) is 0 Å². The van der Waals surface area contributed by atoms with Gasteiger partial charge < -0.3 is 10.3 Å². The molecule has 1 aliphatic heterocycles. The molecular weight excluding hydrogens is 270 g/mol. The predicted octanol–water partition coefficient (Wildman–Crippen LogP) is 3.15. The largest absolute Gasteiger partial charge is 0.361 e. The van der Waals surface area contributed by atoms with E-state index in [1.165, 1.54) is 43.3 Å². The molecule has 1 aromatic carbocycles. The molecule has 4 heteroatoms. The van der Waals surface area contributed by atoms with Crippen LogP contribution in [0.1, 0.15) is 24.8 Å². The molecule has 1 unspecified atom stereocenters. The molecule has 20 heavy (non-hydrogen) atoms. The Bertz CT molecular complexity index is 617. The van der Waals surface area contributed by atoms with Crippen LogP contribution in [0.2, 0.25) is 5.02 Å². The van der Waals surface area contributed by atoms with Gasteiger partial charge in [0.05, 0.1) is 0 Å². The number of nitrogens with zero attached hydrogens (tertiary/aromatic N) is 1. The fraction of sp³-hybridized carbons (Fsp3) is 0.500. The van der Waals surface area contributed by atoms with Gasteiger partial charge in [0.1, 0.15) is 0 Å². The molecule has 2 N–H and O–H groups in total. The van der Waals surface area contributed by atoms with E-state index < -0.39 is 0 Å². The molecule has 2 aliphatic rings. The third-order valence-corrected chi connectivity index (χ3v) is 4.83. The van der Waals surface area contributed by atoms with E-state index in [1.54, 1.807) is 0 Å². The van der Waals surface area contributed by atoms with Gasteiger partial charge in [-0.1, -0.05) is 17.7 Å². The predicted molar refractivity (Wildman–Crippen MR) is 83.1 cm³/mol. The van der Waals surface area contributed by atoms with Crippen molar-refractivity contribution in [3.05, 3.63) is 35.0 Å². The van der Waals surface area contributed by atoms with Crippen molar-refractivity contribution in [2.24, 2.45) is 0 Å². The molecule has 1 saturated carbocycles. The lowest BCUT2D eigenvalue weighted by molar-refractivity contribution is 0.317. The Labute approximate surface area is 124 Å². The monoisotopic (exact) mass is 289 g/mol. The summed E-state index contributed by atoms with van der Waals surface area (Å²) in [5, 5.41) is 5.77. The van der Waals surface area contributed by atoms with Gasteiger partial charge in [0.15, 0.2) is 0 Å². The zero-order valence-corrected chi connectivity index (χ0v) is 12.3. The van der Waals surface area contributed by atoms with Crippen molar-refractivity contribution in [2.45, 2.75) is 37.9 Å². The molecule has 4 rings (SSSR count). The Hall–Kier alpha value is -1.03. The zero-order chi connectivity index (χ0) is 13.5. The lowest BCUT2D eigenvalue weighted by Gasteiger charge is -2.15. The van der Waals surface area contributed by atoms with E-state index in [-0.39, 0.29) is 0 Å². The maximum absolute atomic E-state index is 6.02. The standard InChI is InChI=1S/C16H20ClN3/c17-12-1-4-15-11(9-19-16(15)7-12)8-18-13-5-6-20(10-13)14-2-3-14/h1,4,7,9,13-14,18-19H,2-3,5-6,8,10H2. The van der Waals surface area contributed by atoms with Crippen molar-refractivity contribution in [2.75, 3.05) is 13.1 Å². The minimum Gasteiger partial charge on any atom is -0.361 e. The Morgan fingerprint density at radius 1 is 1.30 bits per heavy atom. The van der Waals surface area contributed by atoms with E-state index in [1.807, 2.05) is 12.1 Å². The number of H-pyrrole nitrogens is 1. The van der Waals surface area contributed by atoms with Crippen LogP contribution in [0, 0.1) is 0 Å². The molecule has 0 amide bonds. The highest BCUT2D eigenvalue weighted by Gasteiger charge is 2.34. The molecule has 1 atom stereocenters. The van der Waals surface area contributed by atoms with Crippen molar-refractivity contribution in [1.29, 1.82) is 0 Å². The molecule has 1 aliphatic carbocycles. The van der Waals surface area contributed by atoms with Crippen molar-refractivity contribution >= 4 is 22.5 Å². The quantitative estimate of drug-likeness (QED) is 0.906. The second-order valence-electron chi connectivity index (χ2n) is 6.10. The Balaban J connectivity index is 1.41. The Morgan fingerprint density at radius 2 is 2.20 bits per heavy atom. The zero-order valence-electron chi connectivity index (χ0n) is 11.5. The molecule has 2 heterocycles. The van der Waals surface area contributed by atoms with E-state index in [2.05, 4.69) is 27.5 Å². The summed E-state index contributed by atoms with van der Waals surface area (Å²) < 4.78 is 0. The van der Waals surface area contributed by atoms with E-state index >= 15 is 0 Å². The number of aromatic amines is 1. The van der Waals surface area contributed by atoms with Gasteiger partial charge in [-0.05, 0) is 37.0 Å². The summed E-state index contributed by atoms with van der Waals surface area (Å²) in [6.07, 6.45) is 6.21. The van der Waals surface area contributed by atoms with Crippen LogP contribution >= 0.6 is 11.6 Å². The molecule has 106 valence electrons. The fourth-order valence-electron chi connectivity index (χ4n) is 3.28. The van der Waals surface area contributed by atoms with E-state index in [0.29, 0.717) is 6.04 Å². The summed E-state index contributed by atoms with van der Waals surface area (Å²) in [5.41, 5.74) is 2.46. The molecule has 2 aromatic rings. The number of likely N-dealkylation sites (tertiary alicyclic amines) is 1. The highest BCUT2D eigenvalue weighted by Crippen LogP contribution is 2.30. The van der Waals surface area contributed by atoms with Crippen molar-refractivity contribution in [1.82, 2.24) is 15.2 Å². The normalized spacial score (nSPS) is 23.8. The Kier molecular flexibility index (Phi) is 3.21. The highest BCUT2D eigenvalue weighted by molar-refractivity contribution is 6.31. The summed E-state index contributed by atoms with van der Waals surface area (Å²) >= 11 is 6.02. The maximum Gasteiger partial charge on any atom is 0.0472 e. The summed E-state index contributed by atoms with van der Waals surface area (Å²) in [6.45, 7) is 3.43. The Morgan fingerprint density at radius 3 is 3.05 bits per heavy atom. The highest BCUT2D eigenvalue weighted by atomic mass is 35.5. The first kappa shape index (κ1) is 12.7. The van der Waals surface area contributed by atoms with Crippen LogP contribution in [0.15, 0.2) is 24.4 Å². The lowest BCUT2D eigenvalue weighted by Crippen LogP contribution is -2.32. The molecule has 0 spiro atoms. The number of rotatable bonds is 4. The number of hydrogen-bond donors (Lipinski definition) is 2. The smallest absolute Gasteiger partial charge is 0.0472 e. The van der Waals surface area contributed by atoms with Gasteiger partial charge in [-0.25, -0.2) is 0 Å². The fourth-order valence-corrected chi connectivity index (χ4v) is 3.46. The average molecular weight is 290 g/mol. The van der Waals surface area contributed by atoms with Gasteiger partial charge in [0, 0.05) is 53.8 Å². The van der Waals surface area contributed by atoms with Crippen molar-refractivity contribution < 1.29 is 0 Å². The SMILES string of the molecule is Clc1ccc2c(CNC3CCN(C4CC4)C3)c[nH]c2c1. The molecule has 0 radical (unpaired) electrons. The van der Waals surface area contributed by atoms with Crippen LogP contribution in [-0.4, -0.2) is 35.1 Å². The molecule has 1 saturated heterocycles. The minimum absolute atomic E-state index is 0.646. The summed E-state index contributed by atoms with van der Waals surface area (Å²) in [5.74, 6) is 0. The van der Waals surface area contributed by atoms with E-state index in [0.717, 1.165) is 23.1 Å². The van der Waals surface area contributed by atoms with E-state index in [9.17, 15) is 0 Å². The van der Waals surface area contributed by atoms with Gasteiger partial charge in [0.2, 0.25) is 0 Å².